The van der Waals surface area contributed by atoms with Crippen LogP contribution in [0.15, 0.2) is 53.4 Å². The van der Waals surface area contributed by atoms with Gasteiger partial charge in [0.2, 0.25) is 10.0 Å². The van der Waals surface area contributed by atoms with Crippen LogP contribution in [-0.4, -0.2) is 45.8 Å². The molecule has 1 atom stereocenters. The first kappa shape index (κ1) is 20.9. The zero-order chi connectivity index (χ0) is 19.9. The molecule has 0 aromatic heterocycles. The molecule has 8 heteroatoms. The van der Waals surface area contributed by atoms with Crippen LogP contribution >= 0.6 is 0 Å². The van der Waals surface area contributed by atoms with E-state index in [4.69, 9.17) is 4.74 Å². The number of nitrogens with one attached hydrogen (secondary N) is 2. The van der Waals surface area contributed by atoms with Crippen molar-refractivity contribution in [2.45, 2.75) is 24.3 Å². The van der Waals surface area contributed by atoms with E-state index in [1.807, 2.05) is 37.3 Å². The van der Waals surface area contributed by atoms with Gasteiger partial charge in [0.25, 0.3) is 0 Å². The van der Waals surface area contributed by atoms with Crippen molar-refractivity contribution in [3.05, 3.63) is 59.7 Å². The first-order valence-electron chi connectivity index (χ1n) is 8.50. The Kier molecular flexibility index (Phi) is 7.35. The average molecular weight is 392 g/mol. The molecule has 0 fully saturated rings. The SMILES string of the molecule is COC[C@@H](C)Nc1ccc(S(=O)(=O)NCCc2ccccc2)cc1C(=O)O. The maximum absolute atomic E-state index is 12.5. The van der Waals surface area contributed by atoms with Gasteiger partial charge >= 0.3 is 5.97 Å². The Balaban J connectivity index is 2.13. The van der Waals surface area contributed by atoms with E-state index < -0.39 is 16.0 Å². The summed E-state index contributed by atoms with van der Waals surface area (Å²) in [7, 11) is -2.26. The van der Waals surface area contributed by atoms with Crippen molar-refractivity contribution in [1.82, 2.24) is 4.72 Å². The lowest BCUT2D eigenvalue weighted by Gasteiger charge is -2.17. The minimum Gasteiger partial charge on any atom is -0.478 e. The standard InChI is InChI=1S/C19H24N2O5S/c1-14(13-26-2)21-18-9-8-16(12-17(18)19(22)23)27(24,25)20-11-10-15-6-4-3-5-7-15/h3-9,12,14,20-21H,10-11,13H2,1-2H3,(H,22,23)/t14-/m1/s1. The van der Waals surface area contributed by atoms with Crippen molar-refractivity contribution in [3.63, 3.8) is 0 Å². The Morgan fingerprint density at radius 2 is 1.89 bits per heavy atom. The van der Waals surface area contributed by atoms with Gasteiger partial charge in [-0.1, -0.05) is 30.3 Å². The van der Waals surface area contributed by atoms with Gasteiger partial charge in [0.15, 0.2) is 0 Å². The molecule has 0 bridgehead atoms. The Bertz CT molecular complexity index is 869. The molecule has 0 aliphatic carbocycles. The molecular formula is C19H24N2O5S. The lowest BCUT2D eigenvalue weighted by atomic mass is 10.1. The number of carboxylic acids is 1. The van der Waals surface area contributed by atoms with E-state index in [1.165, 1.54) is 12.1 Å². The minimum absolute atomic E-state index is 0.0853. The highest BCUT2D eigenvalue weighted by Gasteiger charge is 2.19. The molecule has 0 radical (unpaired) electrons. The van der Waals surface area contributed by atoms with E-state index in [2.05, 4.69) is 10.0 Å². The van der Waals surface area contributed by atoms with Gasteiger partial charge in [0.1, 0.15) is 0 Å². The molecule has 2 aromatic rings. The summed E-state index contributed by atoms with van der Waals surface area (Å²) in [6.07, 6.45) is 0.542. The summed E-state index contributed by atoms with van der Waals surface area (Å²) in [6, 6.07) is 13.4. The smallest absolute Gasteiger partial charge is 0.337 e. The van der Waals surface area contributed by atoms with E-state index in [0.29, 0.717) is 18.7 Å². The maximum Gasteiger partial charge on any atom is 0.337 e. The molecule has 0 amide bonds. The third-order valence-corrected chi connectivity index (χ3v) is 5.36. The Labute approximate surface area is 159 Å². The number of hydrogen-bond donors (Lipinski definition) is 3. The van der Waals surface area contributed by atoms with Crippen LogP contribution in [0, 0.1) is 0 Å². The average Bonchev–Trinajstić information content (AvgIpc) is 2.62. The summed E-state index contributed by atoms with van der Waals surface area (Å²) < 4.78 is 32.5. The van der Waals surface area contributed by atoms with Gasteiger partial charge in [0, 0.05) is 25.4 Å². The number of ether oxygens (including phenoxy) is 1. The van der Waals surface area contributed by atoms with E-state index in [9.17, 15) is 18.3 Å². The molecule has 0 heterocycles. The van der Waals surface area contributed by atoms with Crippen LogP contribution in [0.1, 0.15) is 22.8 Å². The molecule has 2 aromatic carbocycles. The number of hydrogen-bond acceptors (Lipinski definition) is 5. The highest BCUT2D eigenvalue weighted by Crippen LogP contribution is 2.21. The molecule has 2 rings (SSSR count). The number of sulfonamides is 1. The number of carbonyl (C=O) groups is 1. The van der Waals surface area contributed by atoms with E-state index >= 15 is 0 Å². The van der Waals surface area contributed by atoms with Gasteiger partial charge in [-0.25, -0.2) is 17.9 Å². The largest absolute Gasteiger partial charge is 0.478 e. The second-order valence-electron chi connectivity index (χ2n) is 6.15. The maximum atomic E-state index is 12.5. The minimum atomic E-state index is -3.81. The highest BCUT2D eigenvalue weighted by atomic mass is 32.2. The molecular weight excluding hydrogens is 368 g/mol. The van der Waals surface area contributed by atoms with Gasteiger partial charge in [-0.15, -0.1) is 0 Å². The number of methoxy groups -OCH3 is 1. The van der Waals surface area contributed by atoms with Gasteiger partial charge < -0.3 is 15.2 Å². The fourth-order valence-electron chi connectivity index (χ4n) is 2.61. The predicted molar refractivity (Wildman–Crippen MR) is 104 cm³/mol. The van der Waals surface area contributed by atoms with Crippen molar-refractivity contribution in [3.8, 4) is 0 Å². The summed E-state index contributed by atoms with van der Waals surface area (Å²) in [5, 5.41) is 12.5. The fourth-order valence-corrected chi connectivity index (χ4v) is 3.67. The Morgan fingerprint density at radius 1 is 1.19 bits per heavy atom. The summed E-state index contributed by atoms with van der Waals surface area (Å²) >= 11 is 0. The summed E-state index contributed by atoms with van der Waals surface area (Å²) in [5.41, 5.74) is 1.25. The van der Waals surface area contributed by atoms with E-state index in [1.54, 1.807) is 7.11 Å². The summed E-state index contributed by atoms with van der Waals surface area (Å²) in [5.74, 6) is -1.21. The van der Waals surface area contributed by atoms with E-state index in [-0.39, 0.29) is 23.0 Å². The zero-order valence-corrected chi connectivity index (χ0v) is 16.1. The Hall–Kier alpha value is -2.42. The van der Waals surface area contributed by atoms with Gasteiger partial charge in [-0.3, -0.25) is 0 Å². The van der Waals surface area contributed by atoms with Gasteiger partial charge in [-0.05, 0) is 37.1 Å². The summed E-state index contributed by atoms with van der Waals surface area (Å²) in [4.78, 5) is 11.5. The first-order valence-corrected chi connectivity index (χ1v) is 9.98. The van der Waals surface area contributed by atoms with Gasteiger partial charge in [-0.2, -0.15) is 0 Å². The number of anilines is 1. The number of aromatic carboxylic acids is 1. The fraction of sp³-hybridized carbons (Fsp3) is 0.316. The van der Waals surface area contributed by atoms with Crippen molar-refractivity contribution in [2.24, 2.45) is 0 Å². The molecule has 27 heavy (non-hydrogen) atoms. The molecule has 0 aliphatic rings. The third kappa shape index (κ3) is 6.06. The molecule has 0 saturated heterocycles. The molecule has 0 saturated carbocycles. The monoisotopic (exact) mass is 392 g/mol. The molecule has 3 N–H and O–H groups in total. The van der Waals surface area contributed by atoms with Crippen molar-refractivity contribution < 1.29 is 23.1 Å². The number of carboxylic acid groups (broad SMARTS) is 1. The van der Waals surface area contributed by atoms with Crippen LogP contribution in [0.3, 0.4) is 0 Å². The van der Waals surface area contributed by atoms with Crippen LogP contribution < -0.4 is 10.0 Å². The molecule has 0 unspecified atom stereocenters. The lowest BCUT2D eigenvalue weighted by molar-refractivity contribution is 0.0697. The predicted octanol–water partition coefficient (Wildman–Crippen LogP) is 2.35. The topological polar surface area (TPSA) is 105 Å². The van der Waals surface area contributed by atoms with Crippen LogP contribution in [0.5, 0.6) is 0 Å². The van der Waals surface area contributed by atoms with Crippen LogP contribution in [0.25, 0.3) is 0 Å². The van der Waals surface area contributed by atoms with Crippen molar-refractivity contribution in [2.75, 3.05) is 25.6 Å². The number of benzene rings is 2. The van der Waals surface area contributed by atoms with Gasteiger partial charge in [0.05, 0.1) is 17.1 Å². The normalized spacial score (nSPS) is 12.5. The molecule has 0 spiro atoms. The summed E-state index contributed by atoms with van der Waals surface area (Å²) in [6.45, 7) is 2.45. The third-order valence-electron chi connectivity index (χ3n) is 3.90. The second-order valence-corrected chi connectivity index (χ2v) is 7.91. The lowest BCUT2D eigenvalue weighted by Crippen LogP contribution is -2.27. The molecule has 146 valence electrons. The van der Waals surface area contributed by atoms with Crippen LogP contribution in [0.2, 0.25) is 0 Å². The first-order chi connectivity index (χ1) is 12.8. The van der Waals surface area contributed by atoms with Crippen molar-refractivity contribution >= 4 is 21.7 Å². The zero-order valence-electron chi connectivity index (χ0n) is 15.3. The van der Waals surface area contributed by atoms with E-state index in [0.717, 1.165) is 11.6 Å². The highest BCUT2D eigenvalue weighted by molar-refractivity contribution is 7.89. The quantitative estimate of drug-likeness (QED) is 0.573. The molecule has 7 nitrogen and oxygen atoms in total. The number of rotatable bonds is 10. The van der Waals surface area contributed by atoms with Crippen LogP contribution in [0.4, 0.5) is 5.69 Å². The van der Waals surface area contributed by atoms with Crippen molar-refractivity contribution in [1.29, 1.82) is 0 Å². The Morgan fingerprint density at radius 3 is 2.52 bits per heavy atom. The van der Waals surface area contributed by atoms with Crippen LogP contribution in [-0.2, 0) is 21.2 Å². The second kappa shape index (κ2) is 9.50. The molecule has 0 aliphatic heterocycles.